The third-order valence-electron chi connectivity index (χ3n) is 3.67. The predicted molar refractivity (Wildman–Crippen MR) is 112 cm³/mol. The minimum Gasteiger partial charge on any atom is -0.234 e. The summed E-state index contributed by atoms with van der Waals surface area (Å²) in [6.45, 7) is 7.52. The standard InChI is InChI=1S/C20H18ClNOS2/c1-5-6-13-7-8-18-15(9-13)16-10-14(17(21)11-19(16)24-18)12-22-25(23)20(2,3)4/h7-12H,1-4H3/t25-/m0/s1. The van der Waals surface area contributed by atoms with E-state index in [0.717, 1.165) is 26.6 Å². The molecule has 0 unspecified atom stereocenters. The van der Waals surface area contributed by atoms with Crippen LogP contribution in [0.25, 0.3) is 20.2 Å². The zero-order valence-electron chi connectivity index (χ0n) is 14.5. The molecule has 1 atom stereocenters. The molecule has 25 heavy (non-hydrogen) atoms. The summed E-state index contributed by atoms with van der Waals surface area (Å²) in [6, 6.07) is 10.2. The van der Waals surface area contributed by atoms with Crippen LogP contribution in [0.3, 0.4) is 0 Å². The van der Waals surface area contributed by atoms with E-state index in [1.165, 1.54) is 4.70 Å². The van der Waals surface area contributed by atoms with Crippen molar-refractivity contribution < 1.29 is 4.21 Å². The summed E-state index contributed by atoms with van der Waals surface area (Å²) in [5, 5.41) is 2.89. The average Bonchev–Trinajstić information content (AvgIpc) is 2.88. The van der Waals surface area contributed by atoms with Gasteiger partial charge >= 0.3 is 0 Å². The molecule has 2 nitrogen and oxygen atoms in total. The molecule has 3 rings (SSSR count). The third kappa shape index (κ3) is 3.79. The number of hydrogen-bond donors (Lipinski definition) is 0. The largest absolute Gasteiger partial charge is 0.234 e. The van der Waals surface area contributed by atoms with E-state index < -0.39 is 15.7 Å². The van der Waals surface area contributed by atoms with Crippen LogP contribution in [0.1, 0.15) is 38.8 Å². The molecule has 1 aromatic heterocycles. The van der Waals surface area contributed by atoms with Gasteiger partial charge in [0.2, 0.25) is 0 Å². The lowest BCUT2D eigenvalue weighted by atomic mass is 10.1. The monoisotopic (exact) mass is 387 g/mol. The molecule has 128 valence electrons. The number of hydrogen-bond acceptors (Lipinski definition) is 2. The lowest BCUT2D eigenvalue weighted by Crippen LogP contribution is -2.19. The van der Waals surface area contributed by atoms with E-state index in [1.807, 2.05) is 45.9 Å². The summed E-state index contributed by atoms with van der Waals surface area (Å²) in [5.74, 6) is 6.03. The van der Waals surface area contributed by atoms with Crippen LogP contribution < -0.4 is 0 Å². The molecule has 0 spiro atoms. The maximum atomic E-state index is 12.1. The van der Waals surface area contributed by atoms with Crippen molar-refractivity contribution in [3.05, 3.63) is 46.5 Å². The molecule has 0 aliphatic carbocycles. The number of rotatable bonds is 2. The van der Waals surface area contributed by atoms with Crippen molar-refractivity contribution in [1.29, 1.82) is 0 Å². The van der Waals surface area contributed by atoms with E-state index in [-0.39, 0.29) is 0 Å². The predicted octanol–water partition coefficient (Wildman–Crippen LogP) is 5.96. The molecule has 0 aliphatic rings. The van der Waals surface area contributed by atoms with E-state index in [1.54, 1.807) is 17.6 Å². The molecule has 0 bridgehead atoms. The molecule has 0 saturated carbocycles. The van der Waals surface area contributed by atoms with Crippen molar-refractivity contribution in [1.82, 2.24) is 0 Å². The molecule has 2 aromatic carbocycles. The molecule has 0 fully saturated rings. The fourth-order valence-corrected chi connectivity index (χ4v) is 4.31. The highest BCUT2D eigenvalue weighted by molar-refractivity contribution is 7.85. The van der Waals surface area contributed by atoms with Gasteiger partial charge in [-0.25, -0.2) is 4.21 Å². The van der Waals surface area contributed by atoms with Crippen LogP contribution in [0, 0.1) is 11.8 Å². The van der Waals surface area contributed by atoms with Crippen LogP contribution in [0.5, 0.6) is 0 Å². The Bertz CT molecular complexity index is 1080. The van der Waals surface area contributed by atoms with Gasteiger partial charge in [-0.05, 0) is 58.0 Å². The first-order valence-corrected chi connectivity index (χ1v) is 10.1. The molecular weight excluding hydrogens is 370 g/mol. The highest BCUT2D eigenvalue weighted by Gasteiger charge is 2.18. The van der Waals surface area contributed by atoms with Crippen molar-refractivity contribution >= 4 is 60.3 Å². The first-order chi connectivity index (χ1) is 11.8. The number of nitrogens with zero attached hydrogens (tertiary/aromatic N) is 1. The fraction of sp³-hybridized carbons (Fsp3) is 0.250. The summed E-state index contributed by atoms with van der Waals surface area (Å²) in [6.07, 6.45) is 1.61. The summed E-state index contributed by atoms with van der Waals surface area (Å²) in [4.78, 5) is 0. The van der Waals surface area contributed by atoms with Gasteiger partial charge in [0, 0.05) is 37.5 Å². The fourth-order valence-electron chi connectivity index (χ4n) is 2.40. The van der Waals surface area contributed by atoms with E-state index in [4.69, 9.17) is 11.6 Å². The van der Waals surface area contributed by atoms with Gasteiger partial charge in [-0.3, -0.25) is 0 Å². The quantitative estimate of drug-likeness (QED) is 0.394. The molecule has 0 aliphatic heterocycles. The Labute approximate surface area is 159 Å². The van der Waals surface area contributed by atoms with Gasteiger partial charge in [-0.15, -0.1) is 17.3 Å². The van der Waals surface area contributed by atoms with E-state index >= 15 is 0 Å². The molecule has 0 amide bonds. The van der Waals surface area contributed by atoms with Gasteiger partial charge in [0.15, 0.2) is 0 Å². The van der Waals surface area contributed by atoms with Crippen LogP contribution in [0.2, 0.25) is 5.02 Å². The Morgan fingerprint density at radius 2 is 1.88 bits per heavy atom. The third-order valence-corrected chi connectivity index (χ3v) is 6.47. The van der Waals surface area contributed by atoms with Crippen molar-refractivity contribution in [3.63, 3.8) is 0 Å². The second-order valence-corrected chi connectivity index (χ2v) is 10.1. The highest BCUT2D eigenvalue weighted by atomic mass is 35.5. The number of fused-ring (bicyclic) bond motifs is 3. The second-order valence-electron chi connectivity index (χ2n) is 6.65. The molecular formula is C20H18ClNOS2. The second kappa shape index (κ2) is 6.92. The number of thiophene rings is 1. The SMILES string of the molecule is CC#Cc1ccc2sc3cc(Cl)c(C=N[S@@](=O)C(C)(C)C)cc3c2c1. The minimum absolute atomic E-state index is 0.393. The van der Waals surface area contributed by atoms with E-state index in [9.17, 15) is 4.21 Å². The minimum atomic E-state index is -1.31. The van der Waals surface area contributed by atoms with Crippen molar-refractivity contribution in [2.45, 2.75) is 32.4 Å². The molecule has 0 saturated heterocycles. The lowest BCUT2D eigenvalue weighted by molar-refractivity contribution is 0.651. The van der Waals surface area contributed by atoms with Gasteiger partial charge < -0.3 is 0 Å². The summed E-state index contributed by atoms with van der Waals surface area (Å²) >= 11 is 8.11. The smallest absolute Gasteiger partial charge is 0.144 e. The summed E-state index contributed by atoms with van der Waals surface area (Å²) in [7, 11) is -1.31. The Morgan fingerprint density at radius 1 is 1.16 bits per heavy atom. The number of benzene rings is 2. The normalized spacial score (nSPS) is 13.3. The number of halogens is 1. The lowest BCUT2D eigenvalue weighted by Gasteiger charge is -2.12. The molecule has 0 radical (unpaired) electrons. The van der Waals surface area contributed by atoms with Crippen molar-refractivity contribution in [2.24, 2.45) is 4.40 Å². The van der Waals surface area contributed by atoms with Crippen LogP contribution in [0.15, 0.2) is 34.7 Å². The maximum Gasteiger partial charge on any atom is 0.144 e. The van der Waals surface area contributed by atoms with Gasteiger partial charge in [0.05, 0.1) is 9.77 Å². The van der Waals surface area contributed by atoms with Crippen LogP contribution in [-0.2, 0) is 11.0 Å². The summed E-state index contributed by atoms with van der Waals surface area (Å²) in [5.41, 5.74) is 1.77. The Morgan fingerprint density at radius 3 is 2.56 bits per heavy atom. The molecule has 0 N–H and O–H groups in total. The highest BCUT2D eigenvalue weighted by Crippen LogP contribution is 2.37. The van der Waals surface area contributed by atoms with Crippen molar-refractivity contribution in [2.75, 3.05) is 0 Å². The van der Waals surface area contributed by atoms with Gasteiger partial charge in [-0.2, -0.15) is 4.40 Å². The van der Waals surface area contributed by atoms with Gasteiger partial charge in [-0.1, -0.05) is 17.5 Å². The maximum absolute atomic E-state index is 12.1. The Hall–Kier alpha value is -1.67. The van der Waals surface area contributed by atoms with E-state index in [2.05, 4.69) is 28.4 Å². The first kappa shape index (κ1) is 18.1. The Balaban J connectivity index is 2.14. The van der Waals surface area contributed by atoms with Crippen LogP contribution in [0.4, 0.5) is 0 Å². The topological polar surface area (TPSA) is 29.4 Å². The summed E-state index contributed by atoms with van der Waals surface area (Å²) < 4.78 is 18.3. The molecule has 1 heterocycles. The van der Waals surface area contributed by atoms with E-state index in [0.29, 0.717) is 5.02 Å². The zero-order chi connectivity index (χ0) is 18.2. The Kier molecular flexibility index (Phi) is 5.02. The van der Waals surface area contributed by atoms with Crippen molar-refractivity contribution in [3.8, 4) is 11.8 Å². The first-order valence-electron chi connectivity index (χ1n) is 7.84. The van der Waals surface area contributed by atoms with Crippen LogP contribution in [-0.4, -0.2) is 15.2 Å². The van der Waals surface area contributed by atoms with Gasteiger partial charge in [0.25, 0.3) is 0 Å². The van der Waals surface area contributed by atoms with Gasteiger partial charge in [0.1, 0.15) is 11.0 Å². The average molecular weight is 388 g/mol. The molecule has 3 aromatic rings. The molecule has 5 heteroatoms. The zero-order valence-corrected chi connectivity index (χ0v) is 16.9. The van der Waals surface area contributed by atoms with Crippen LogP contribution >= 0.6 is 22.9 Å².